The Morgan fingerprint density at radius 1 is 1.23 bits per heavy atom. The average molecular weight is 229 g/mol. The summed E-state index contributed by atoms with van der Waals surface area (Å²) >= 11 is 0. The summed E-state index contributed by atoms with van der Waals surface area (Å²) in [6, 6.07) is 0.844. The molecule has 0 aliphatic carbocycles. The molecule has 13 heavy (non-hydrogen) atoms. The van der Waals surface area contributed by atoms with Crippen molar-refractivity contribution >= 4 is 24.8 Å². The van der Waals surface area contributed by atoms with E-state index in [1.54, 1.807) is 0 Å². The van der Waals surface area contributed by atoms with Crippen LogP contribution < -0.4 is 5.32 Å². The maximum atomic E-state index is 3.39. The maximum absolute atomic E-state index is 3.39. The molecule has 0 aromatic carbocycles. The summed E-state index contributed by atoms with van der Waals surface area (Å²) in [4.78, 5) is 2.50. The first kappa shape index (κ1) is 15.9. The minimum atomic E-state index is 0. The molecule has 0 bridgehead atoms. The third kappa shape index (κ3) is 5.74. The average Bonchev–Trinajstić information content (AvgIpc) is 2.07. The molecular weight excluding hydrogens is 207 g/mol. The van der Waals surface area contributed by atoms with Gasteiger partial charge in [-0.25, -0.2) is 0 Å². The Labute approximate surface area is 94.3 Å². The first-order valence-corrected chi connectivity index (χ1v) is 4.75. The molecule has 2 nitrogen and oxygen atoms in total. The molecule has 1 N–H and O–H groups in total. The molecule has 1 saturated heterocycles. The summed E-state index contributed by atoms with van der Waals surface area (Å²) in [5.74, 6) is 0. The van der Waals surface area contributed by atoms with E-state index in [2.05, 4.69) is 24.2 Å². The molecule has 0 spiro atoms. The van der Waals surface area contributed by atoms with Crippen LogP contribution in [0, 0.1) is 0 Å². The molecule has 1 aliphatic rings. The van der Waals surface area contributed by atoms with Gasteiger partial charge in [0.15, 0.2) is 0 Å². The van der Waals surface area contributed by atoms with Gasteiger partial charge in [0.05, 0.1) is 0 Å². The quantitative estimate of drug-likeness (QED) is 0.795. The van der Waals surface area contributed by atoms with Gasteiger partial charge in [-0.2, -0.15) is 0 Å². The van der Waals surface area contributed by atoms with Crippen molar-refractivity contribution in [3.8, 4) is 0 Å². The number of nitrogens with zero attached hydrogens (tertiary/aromatic N) is 1. The summed E-state index contributed by atoms with van der Waals surface area (Å²) in [5.41, 5.74) is 0. The fourth-order valence-electron chi connectivity index (χ4n) is 1.78. The number of halogens is 2. The Bertz CT molecular complexity index is 106. The Morgan fingerprint density at radius 3 is 2.23 bits per heavy atom. The van der Waals surface area contributed by atoms with Crippen molar-refractivity contribution in [2.24, 2.45) is 0 Å². The fraction of sp³-hybridized carbons (Fsp3) is 1.00. The fourth-order valence-corrected chi connectivity index (χ4v) is 1.78. The molecule has 1 heterocycles. The summed E-state index contributed by atoms with van der Waals surface area (Å²) in [7, 11) is 2.25. The molecule has 0 aromatic heterocycles. The van der Waals surface area contributed by atoms with Gasteiger partial charge >= 0.3 is 0 Å². The molecular formula is C9H22Cl2N2. The Morgan fingerprint density at radius 2 is 1.77 bits per heavy atom. The van der Waals surface area contributed by atoms with Gasteiger partial charge in [0, 0.05) is 6.04 Å². The van der Waals surface area contributed by atoms with Crippen LogP contribution in [0.15, 0.2) is 0 Å². The van der Waals surface area contributed by atoms with E-state index in [4.69, 9.17) is 0 Å². The van der Waals surface area contributed by atoms with Gasteiger partial charge in [-0.05, 0) is 45.9 Å². The highest BCUT2D eigenvalue weighted by atomic mass is 35.5. The largest absolute Gasteiger partial charge is 0.317 e. The van der Waals surface area contributed by atoms with Crippen molar-refractivity contribution in [3.63, 3.8) is 0 Å². The van der Waals surface area contributed by atoms with Crippen LogP contribution in [-0.4, -0.2) is 37.6 Å². The van der Waals surface area contributed by atoms with E-state index in [0.717, 1.165) is 6.04 Å². The van der Waals surface area contributed by atoms with Crippen molar-refractivity contribution in [1.82, 2.24) is 10.2 Å². The second-order valence-electron chi connectivity index (χ2n) is 3.46. The van der Waals surface area contributed by atoms with Crippen LogP contribution in [0.5, 0.6) is 0 Å². The molecule has 0 amide bonds. The lowest BCUT2D eigenvalue weighted by Crippen LogP contribution is -2.41. The Balaban J connectivity index is 0. The Hall–Kier alpha value is 0.500. The lowest BCUT2D eigenvalue weighted by molar-refractivity contribution is 0.199. The highest BCUT2D eigenvalue weighted by Crippen LogP contribution is 2.09. The third-order valence-corrected chi connectivity index (χ3v) is 2.51. The normalized spacial score (nSPS) is 17.8. The van der Waals surface area contributed by atoms with Crippen LogP contribution in [0.3, 0.4) is 0 Å². The molecule has 4 heteroatoms. The van der Waals surface area contributed by atoms with Crippen LogP contribution in [-0.2, 0) is 0 Å². The van der Waals surface area contributed by atoms with Gasteiger partial charge in [-0.3, -0.25) is 0 Å². The SMILES string of the molecule is CCCN(C)C1CCNCC1.Cl.Cl. The molecule has 1 fully saturated rings. The molecule has 82 valence electrons. The van der Waals surface area contributed by atoms with Gasteiger partial charge in [-0.1, -0.05) is 6.92 Å². The number of hydrogen-bond donors (Lipinski definition) is 1. The summed E-state index contributed by atoms with van der Waals surface area (Å²) in [6.45, 7) is 5.92. The van der Waals surface area contributed by atoms with Gasteiger partial charge in [-0.15, -0.1) is 24.8 Å². The number of nitrogens with one attached hydrogen (secondary N) is 1. The first-order valence-electron chi connectivity index (χ1n) is 4.75. The van der Waals surface area contributed by atoms with E-state index in [-0.39, 0.29) is 24.8 Å². The molecule has 0 aromatic rings. The molecule has 0 unspecified atom stereocenters. The topological polar surface area (TPSA) is 15.3 Å². The van der Waals surface area contributed by atoms with Gasteiger partial charge < -0.3 is 10.2 Å². The zero-order valence-corrected chi connectivity index (χ0v) is 10.2. The standard InChI is InChI=1S/C9H20N2.2ClH/c1-3-8-11(2)9-4-6-10-7-5-9;;/h9-10H,3-8H2,1-2H3;2*1H. The van der Waals surface area contributed by atoms with E-state index in [1.807, 2.05) is 0 Å². The lowest BCUT2D eigenvalue weighted by Gasteiger charge is -2.31. The van der Waals surface area contributed by atoms with Crippen LogP contribution in [0.1, 0.15) is 26.2 Å². The highest BCUT2D eigenvalue weighted by molar-refractivity contribution is 5.85. The minimum absolute atomic E-state index is 0. The predicted molar refractivity (Wildman–Crippen MR) is 63.3 cm³/mol. The second-order valence-corrected chi connectivity index (χ2v) is 3.46. The van der Waals surface area contributed by atoms with Crippen molar-refractivity contribution in [2.75, 3.05) is 26.7 Å². The lowest BCUT2D eigenvalue weighted by atomic mass is 10.1. The second kappa shape index (κ2) is 9.07. The molecule has 0 atom stereocenters. The minimum Gasteiger partial charge on any atom is -0.317 e. The van der Waals surface area contributed by atoms with Gasteiger partial charge in [0.25, 0.3) is 0 Å². The molecule has 1 rings (SSSR count). The van der Waals surface area contributed by atoms with E-state index in [9.17, 15) is 0 Å². The Kier molecular flexibility index (Phi) is 11.1. The summed E-state index contributed by atoms with van der Waals surface area (Å²) in [6.07, 6.45) is 3.94. The molecule has 1 aliphatic heterocycles. The van der Waals surface area contributed by atoms with Crippen LogP contribution in [0.4, 0.5) is 0 Å². The zero-order valence-electron chi connectivity index (χ0n) is 8.58. The van der Waals surface area contributed by atoms with E-state index in [0.29, 0.717) is 0 Å². The first-order chi connectivity index (χ1) is 5.34. The van der Waals surface area contributed by atoms with Crippen molar-refractivity contribution in [1.29, 1.82) is 0 Å². The van der Waals surface area contributed by atoms with Crippen LogP contribution in [0.25, 0.3) is 0 Å². The highest BCUT2D eigenvalue weighted by Gasteiger charge is 2.16. The van der Waals surface area contributed by atoms with Crippen molar-refractivity contribution in [2.45, 2.75) is 32.2 Å². The van der Waals surface area contributed by atoms with Crippen LogP contribution >= 0.6 is 24.8 Å². The van der Waals surface area contributed by atoms with E-state index >= 15 is 0 Å². The van der Waals surface area contributed by atoms with Crippen molar-refractivity contribution < 1.29 is 0 Å². The predicted octanol–water partition coefficient (Wildman–Crippen LogP) is 1.92. The number of hydrogen-bond acceptors (Lipinski definition) is 2. The maximum Gasteiger partial charge on any atom is 0.0116 e. The molecule has 0 radical (unpaired) electrons. The third-order valence-electron chi connectivity index (χ3n) is 2.51. The van der Waals surface area contributed by atoms with Crippen LogP contribution in [0.2, 0.25) is 0 Å². The summed E-state index contributed by atoms with van der Waals surface area (Å²) < 4.78 is 0. The smallest absolute Gasteiger partial charge is 0.0116 e. The van der Waals surface area contributed by atoms with Gasteiger partial charge in [0.1, 0.15) is 0 Å². The number of rotatable bonds is 3. The van der Waals surface area contributed by atoms with Gasteiger partial charge in [0.2, 0.25) is 0 Å². The molecule has 0 saturated carbocycles. The van der Waals surface area contributed by atoms with E-state index in [1.165, 1.54) is 38.9 Å². The van der Waals surface area contributed by atoms with E-state index < -0.39 is 0 Å². The summed E-state index contributed by atoms with van der Waals surface area (Å²) in [5, 5.41) is 3.39. The number of piperidine rings is 1. The monoisotopic (exact) mass is 228 g/mol. The zero-order chi connectivity index (χ0) is 8.10. The van der Waals surface area contributed by atoms with Crippen molar-refractivity contribution in [3.05, 3.63) is 0 Å².